The molecule has 0 unspecified atom stereocenters. The van der Waals surface area contributed by atoms with Gasteiger partial charge in [0.1, 0.15) is 18.9 Å². The highest BCUT2D eigenvalue weighted by Crippen LogP contribution is 2.26. The fraction of sp³-hybridized carbons (Fsp3) is 0.333. The molecule has 0 aliphatic rings. The molecule has 0 radical (unpaired) electrons. The van der Waals surface area contributed by atoms with Gasteiger partial charge in [-0.15, -0.1) is 0 Å². The fourth-order valence-electron chi connectivity index (χ4n) is 3.85. The average molecular weight is 494 g/mol. The van der Waals surface area contributed by atoms with Crippen LogP contribution < -0.4 is 21.5 Å². The van der Waals surface area contributed by atoms with Crippen molar-refractivity contribution in [2.45, 2.75) is 58.5 Å². The number of aromatic nitrogens is 3. The summed E-state index contributed by atoms with van der Waals surface area (Å²) in [6, 6.07) is 18.6. The Hall–Kier alpha value is -2.66. The SMILES string of the molecule is CCCCCCCCn1cc[n+](Cc2ccc(-c3ncc(-c4ccccc4)o3)cc2)c1.[Br-]. The number of hydrogen-bond acceptors (Lipinski definition) is 2. The first-order valence-corrected chi connectivity index (χ1v) is 11.5. The van der Waals surface area contributed by atoms with Gasteiger partial charge in [0.25, 0.3) is 0 Å². The average Bonchev–Trinajstić information content (AvgIpc) is 3.47. The molecular formula is C27H32BrN3O. The molecule has 0 atom stereocenters. The summed E-state index contributed by atoms with van der Waals surface area (Å²) in [6.45, 7) is 4.23. The van der Waals surface area contributed by atoms with E-state index in [-0.39, 0.29) is 17.0 Å². The van der Waals surface area contributed by atoms with E-state index in [0.29, 0.717) is 5.89 Å². The molecule has 0 N–H and O–H groups in total. The molecule has 2 aromatic carbocycles. The Morgan fingerprint density at radius 2 is 1.62 bits per heavy atom. The van der Waals surface area contributed by atoms with E-state index in [0.717, 1.165) is 30.0 Å². The van der Waals surface area contributed by atoms with E-state index < -0.39 is 0 Å². The molecule has 5 heteroatoms. The highest BCUT2D eigenvalue weighted by molar-refractivity contribution is 5.61. The van der Waals surface area contributed by atoms with E-state index in [1.54, 1.807) is 6.20 Å². The minimum Gasteiger partial charge on any atom is -1.00 e. The lowest BCUT2D eigenvalue weighted by Gasteiger charge is -2.01. The van der Waals surface area contributed by atoms with Crippen LogP contribution in [0, 0.1) is 0 Å². The van der Waals surface area contributed by atoms with Crippen LogP contribution in [0.15, 0.2) is 83.9 Å². The number of aryl methyl sites for hydroxylation is 1. The van der Waals surface area contributed by atoms with Crippen LogP contribution in [0.2, 0.25) is 0 Å². The summed E-state index contributed by atoms with van der Waals surface area (Å²) in [4.78, 5) is 4.46. The maximum absolute atomic E-state index is 5.97. The molecule has 0 spiro atoms. The van der Waals surface area contributed by atoms with E-state index in [9.17, 15) is 0 Å². The monoisotopic (exact) mass is 493 g/mol. The predicted octanol–water partition coefficient (Wildman–Crippen LogP) is 3.51. The van der Waals surface area contributed by atoms with Crippen LogP contribution in [0.1, 0.15) is 51.0 Å². The van der Waals surface area contributed by atoms with Crippen molar-refractivity contribution in [2.24, 2.45) is 0 Å². The zero-order chi connectivity index (χ0) is 21.3. The number of nitrogens with zero attached hydrogens (tertiary/aromatic N) is 3. The molecule has 4 aromatic rings. The molecule has 0 amide bonds. The van der Waals surface area contributed by atoms with Crippen LogP contribution in [-0.4, -0.2) is 9.55 Å². The van der Waals surface area contributed by atoms with Gasteiger partial charge >= 0.3 is 0 Å². The summed E-state index contributed by atoms with van der Waals surface area (Å²) >= 11 is 0. The van der Waals surface area contributed by atoms with Crippen molar-refractivity contribution >= 4 is 0 Å². The van der Waals surface area contributed by atoms with Crippen molar-refractivity contribution < 1.29 is 26.0 Å². The molecule has 0 saturated carbocycles. The standard InChI is InChI=1S/C27H32N3O.BrH/c1-2-3-4-5-6-10-17-29-18-19-30(22-29)21-23-13-15-25(16-14-23)27-28-20-26(31-27)24-11-8-7-9-12-24;/h7-9,11-16,18-20,22H,2-6,10,17,21H2,1H3;1H/q+1;/p-1. The second-order valence-corrected chi connectivity index (χ2v) is 8.18. The Bertz CT molecular complexity index is 1050. The highest BCUT2D eigenvalue weighted by Gasteiger charge is 2.09. The third kappa shape index (κ3) is 6.67. The molecule has 4 rings (SSSR count). The molecule has 4 nitrogen and oxygen atoms in total. The van der Waals surface area contributed by atoms with Gasteiger partial charge in [-0.2, -0.15) is 0 Å². The predicted molar refractivity (Wildman–Crippen MR) is 124 cm³/mol. The van der Waals surface area contributed by atoms with Crippen LogP contribution in [0.5, 0.6) is 0 Å². The number of halogens is 1. The Morgan fingerprint density at radius 3 is 2.41 bits per heavy atom. The first kappa shape index (κ1) is 24.0. The second-order valence-electron chi connectivity index (χ2n) is 8.18. The molecule has 32 heavy (non-hydrogen) atoms. The van der Waals surface area contributed by atoms with E-state index in [1.807, 2.05) is 30.3 Å². The minimum absolute atomic E-state index is 0. The van der Waals surface area contributed by atoms with Crippen molar-refractivity contribution in [2.75, 3.05) is 0 Å². The van der Waals surface area contributed by atoms with E-state index in [1.165, 1.54) is 44.1 Å². The summed E-state index contributed by atoms with van der Waals surface area (Å²) in [6.07, 6.45) is 16.3. The summed E-state index contributed by atoms with van der Waals surface area (Å²) in [5.74, 6) is 1.45. The topological polar surface area (TPSA) is 34.8 Å². The largest absolute Gasteiger partial charge is 1.00 e. The molecule has 0 saturated heterocycles. The molecule has 0 bridgehead atoms. The minimum atomic E-state index is 0. The lowest BCUT2D eigenvalue weighted by Crippen LogP contribution is -3.00. The van der Waals surface area contributed by atoms with Crippen molar-refractivity contribution in [3.63, 3.8) is 0 Å². The lowest BCUT2D eigenvalue weighted by molar-refractivity contribution is -0.687. The summed E-state index contributed by atoms with van der Waals surface area (Å²) in [7, 11) is 0. The van der Waals surface area contributed by atoms with Gasteiger partial charge in [-0.25, -0.2) is 14.1 Å². The van der Waals surface area contributed by atoms with Crippen LogP contribution in [-0.2, 0) is 13.1 Å². The number of benzene rings is 2. The maximum atomic E-state index is 5.97. The van der Waals surface area contributed by atoms with Gasteiger partial charge in [-0.3, -0.25) is 0 Å². The Balaban J connectivity index is 0.00000289. The zero-order valence-corrected chi connectivity index (χ0v) is 20.4. The van der Waals surface area contributed by atoms with Crippen molar-refractivity contribution in [1.82, 2.24) is 9.55 Å². The van der Waals surface area contributed by atoms with Gasteiger partial charge in [0.05, 0.1) is 12.7 Å². The van der Waals surface area contributed by atoms with Gasteiger partial charge in [-0.1, -0.05) is 75.1 Å². The summed E-state index contributed by atoms with van der Waals surface area (Å²) < 4.78 is 10.5. The maximum Gasteiger partial charge on any atom is 0.244 e. The van der Waals surface area contributed by atoms with Gasteiger partial charge in [0.15, 0.2) is 5.76 Å². The van der Waals surface area contributed by atoms with Gasteiger partial charge in [-0.05, 0) is 30.5 Å². The van der Waals surface area contributed by atoms with Crippen LogP contribution in [0.25, 0.3) is 22.8 Å². The molecule has 0 aliphatic heterocycles. The first-order chi connectivity index (χ1) is 15.3. The van der Waals surface area contributed by atoms with Gasteiger partial charge in [0.2, 0.25) is 12.2 Å². The first-order valence-electron chi connectivity index (χ1n) is 11.5. The van der Waals surface area contributed by atoms with E-state index >= 15 is 0 Å². The molecule has 168 valence electrons. The quantitative estimate of drug-likeness (QED) is 0.236. The second kappa shape index (κ2) is 12.4. The third-order valence-electron chi connectivity index (χ3n) is 5.65. The lowest BCUT2D eigenvalue weighted by atomic mass is 10.1. The number of hydrogen-bond donors (Lipinski definition) is 0. The fourth-order valence-corrected chi connectivity index (χ4v) is 3.85. The Kier molecular flexibility index (Phi) is 9.29. The molecule has 2 aromatic heterocycles. The highest BCUT2D eigenvalue weighted by atomic mass is 79.9. The molecule has 2 heterocycles. The van der Waals surface area contributed by atoms with E-state index in [4.69, 9.17) is 4.42 Å². The van der Waals surface area contributed by atoms with Crippen molar-refractivity contribution in [3.8, 4) is 22.8 Å². The van der Waals surface area contributed by atoms with Crippen molar-refractivity contribution in [3.05, 3.63) is 85.1 Å². The van der Waals surface area contributed by atoms with Gasteiger partial charge in [0, 0.05) is 11.1 Å². The van der Waals surface area contributed by atoms with Crippen LogP contribution >= 0.6 is 0 Å². The number of unbranched alkanes of at least 4 members (excludes halogenated alkanes) is 5. The Morgan fingerprint density at radius 1 is 0.875 bits per heavy atom. The zero-order valence-electron chi connectivity index (χ0n) is 18.8. The number of imidazole rings is 1. The molecule has 0 aliphatic carbocycles. The van der Waals surface area contributed by atoms with Gasteiger partial charge < -0.3 is 21.4 Å². The molecule has 0 fully saturated rings. The van der Waals surface area contributed by atoms with Crippen LogP contribution in [0.4, 0.5) is 0 Å². The smallest absolute Gasteiger partial charge is 0.244 e. The Labute approximate surface area is 201 Å². The number of oxazole rings is 1. The third-order valence-corrected chi connectivity index (χ3v) is 5.65. The van der Waals surface area contributed by atoms with Crippen LogP contribution in [0.3, 0.4) is 0 Å². The molecular weight excluding hydrogens is 462 g/mol. The normalized spacial score (nSPS) is 10.8. The number of rotatable bonds is 11. The summed E-state index contributed by atoms with van der Waals surface area (Å²) in [5.41, 5.74) is 3.30. The summed E-state index contributed by atoms with van der Waals surface area (Å²) in [5, 5.41) is 0. The van der Waals surface area contributed by atoms with E-state index in [2.05, 4.69) is 64.0 Å². The van der Waals surface area contributed by atoms with Crippen molar-refractivity contribution in [1.29, 1.82) is 0 Å².